The Morgan fingerprint density at radius 1 is 1.39 bits per heavy atom. The van der Waals surface area contributed by atoms with Crippen LogP contribution < -0.4 is 4.72 Å². The van der Waals surface area contributed by atoms with Gasteiger partial charge in [0.05, 0.1) is 12.5 Å². The molecule has 1 aliphatic carbocycles. The number of aromatic nitrogens is 2. The zero-order valence-corrected chi connectivity index (χ0v) is 11.0. The lowest BCUT2D eigenvalue weighted by molar-refractivity contribution is 0.136. The molecular weight excluding hydrogens is 254 g/mol. The molecule has 0 saturated heterocycles. The van der Waals surface area contributed by atoms with Crippen molar-refractivity contribution in [1.82, 2.24) is 14.7 Å². The summed E-state index contributed by atoms with van der Waals surface area (Å²) < 4.78 is 26.4. The average molecular weight is 273 g/mol. The Kier molecular flexibility index (Phi) is 4.36. The van der Waals surface area contributed by atoms with Gasteiger partial charge in [-0.3, -0.25) is 0 Å². The lowest BCUT2D eigenvalue weighted by Crippen LogP contribution is -2.35. The number of nitrogens with one attached hydrogen (secondary N) is 2. The Morgan fingerprint density at radius 3 is 2.72 bits per heavy atom. The minimum atomic E-state index is -3.50. The van der Waals surface area contributed by atoms with E-state index in [1.54, 1.807) is 0 Å². The lowest BCUT2D eigenvalue weighted by Gasteiger charge is -2.30. The highest BCUT2D eigenvalue weighted by Crippen LogP contribution is 2.29. The first-order valence-corrected chi connectivity index (χ1v) is 7.70. The van der Waals surface area contributed by atoms with Crippen LogP contribution in [0.15, 0.2) is 17.6 Å². The van der Waals surface area contributed by atoms with E-state index in [1.807, 2.05) is 0 Å². The van der Waals surface area contributed by atoms with Crippen molar-refractivity contribution in [3.05, 3.63) is 12.5 Å². The molecule has 2 unspecified atom stereocenters. The summed E-state index contributed by atoms with van der Waals surface area (Å²) in [4.78, 5) is 6.28. The maximum absolute atomic E-state index is 11.9. The number of aliphatic hydroxyl groups is 1. The van der Waals surface area contributed by atoms with E-state index in [0.717, 1.165) is 25.7 Å². The standard InChI is InChI=1S/C11H19N3O3S/c15-7-10-4-2-1-3-9(10)5-14-18(16,17)11-6-12-8-13-11/h6,8-10,14-15H,1-5,7H2,(H,12,13). The van der Waals surface area contributed by atoms with Crippen LogP contribution in [-0.2, 0) is 10.0 Å². The second-order valence-electron chi connectivity index (χ2n) is 4.75. The van der Waals surface area contributed by atoms with E-state index in [4.69, 9.17) is 0 Å². The van der Waals surface area contributed by atoms with E-state index in [-0.39, 0.29) is 23.5 Å². The van der Waals surface area contributed by atoms with Crippen LogP contribution >= 0.6 is 0 Å². The Bertz CT molecular complexity index is 458. The van der Waals surface area contributed by atoms with Crippen molar-refractivity contribution in [3.8, 4) is 0 Å². The molecule has 0 bridgehead atoms. The topological polar surface area (TPSA) is 95.1 Å². The maximum atomic E-state index is 11.9. The quantitative estimate of drug-likeness (QED) is 0.727. The molecule has 102 valence electrons. The van der Waals surface area contributed by atoms with Crippen LogP contribution in [-0.4, -0.2) is 36.6 Å². The van der Waals surface area contributed by atoms with E-state index in [9.17, 15) is 13.5 Å². The molecule has 6 nitrogen and oxygen atoms in total. The van der Waals surface area contributed by atoms with Crippen LogP contribution in [0.25, 0.3) is 0 Å². The summed E-state index contributed by atoms with van der Waals surface area (Å²) in [5, 5.41) is 9.36. The highest BCUT2D eigenvalue weighted by atomic mass is 32.2. The van der Waals surface area contributed by atoms with E-state index < -0.39 is 10.0 Å². The molecule has 0 spiro atoms. The smallest absolute Gasteiger partial charge is 0.257 e. The van der Waals surface area contributed by atoms with Gasteiger partial charge in [-0.1, -0.05) is 12.8 Å². The fourth-order valence-electron chi connectivity index (χ4n) is 2.48. The Hall–Kier alpha value is -0.920. The third-order valence-corrected chi connectivity index (χ3v) is 4.95. The summed E-state index contributed by atoms with van der Waals surface area (Å²) in [6, 6.07) is 0. The van der Waals surface area contributed by atoms with Crippen molar-refractivity contribution in [2.75, 3.05) is 13.2 Å². The molecular formula is C11H19N3O3S. The van der Waals surface area contributed by atoms with Crippen LogP contribution in [0.2, 0.25) is 0 Å². The molecule has 0 radical (unpaired) electrons. The first-order valence-electron chi connectivity index (χ1n) is 6.22. The summed E-state index contributed by atoms with van der Waals surface area (Å²) in [5.74, 6) is 0.435. The van der Waals surface area contributed by atoms with Crippen LogP contribution in [0.1, 0.15) is 25.7 Å². The molecule has 1 saturated carbocycles. The minimum Gasteiger partial charge on any atom is -0.396 e. The number of hydrogen-bond donors (Lipinski definition) is 3. The summed E-state index contributed by atoms with van der Waals surface area (Å²) in [5.41, 5.74) is 0. The van der Waals surface area contributed by atoms with Gasteiger partial charge in [0.15, 0.2) is 5.03 Å². The molecule has 0 aliphatic heterocycles. The van der Waals surface area contributed by atoms with E-state index >= 15 is 0 Å². The molecule has 1 aromatic rings. The van der Waals surface area contributed by atoms with Gasteiger partial charge in [-0.15, -0.1) is 0 Å². The van der Waals surface area contributed by atoms with E-state index in [1.165, 1.54) is 12.5 Å². The number of nitrogens with zero attached hydrogens (tertiary/aromatic N) is 1. The summed E-state index contributed by atoms with van der Waals surface area (Å²) >= 11 is 0. The maximum Gasteiger partial charge on any atom is 0.257 e. The molecule has 2 atom stereocenters. The van der Waals surface area contributed by atoms with Gasteiger partial charge in [-0.05, 0) is 24.7 Å². The molecule has 18 heavy (non-hydrogen) atoms. The van der Waals surface area contributed by atoms with Crippen molar-refractivity contribution >= 4 is 10.0 Å². The number of aliphatic hydroxyl groups excluding tert-OH is 1. The van der Waals surface area contributed by atoms with Crippen molar-refractivity contribution in [3.63, 3.8) is 0 Å². The number of sulfonamides is 1. The normalized spacial score (nSPS) is 25.2. The summed E-state index contributed by atoms with van der Waals surface area (Å²) in [6.45, 7) is 0.517. The van der Waals surface area contributed by atoms with Crippen LogP contribution in [0.3, 0.4) is 0 Å². The predicted molar refractivity (Wildman–Crippen MR) is 66.3 cm³/mol. The second-order valence-corrected chi connectivity index (χ2v) is 6.49. The van der Waals surface area contributed by atoms with E-state index in [0.29, 0.717) is 6.54 Å². The zero-order chi connectivity index (χ0) is 13.0. The van der Waals surface area contributed by atoms with Crippen LogP contribution in [0.5, 0.6) is 0 Å². The molecule has 1 aliphatic rings. The molecule has 0 aromatic carbocycles. The molecule has 0 amide bonds. The average Bonchev–Trinajstić information content (AvgIpc) is 2.91. The van der Waals surface area contributed by atoms with Gasteiger partial charge in [0.25, 0.3) is 10.0 Å². The summed E-state index contributed by atoms with van der Waals surface area (Å²) in [7, 11) is -3.50. The monoisotopic (exact) mass is 273 g/mol. The van der Waals surface area contributed by atoms with Crippen LogP contribution in [0, 0.1) is 11.8 Å². The molecule has 1 heterocycles. The number of aromatic amines is 1. The van der Waals surface area contributed by atoms with Gasteiger partial charge in [-0.25, -0.2) is 18.1 Å². The number of rotatable bonds is 5. The van der Waals surface area contributed by atoms with Gasteiger partial charge >= 0.3 is 0 Å². The first-order chi connectivity index (χ1) is 8.63. The van der Waals surface area contributed by atoms with Gasteiger partial charge in [0, 0.05) is 13.2 Å². The number of H-pyrrole nitrogens is 1. The fraction of sp³-hybridized carbons (Fsp3) is 0.727. The van der Waals surface area contributed by atoms with Crippen LogP contribution in [0.4, 0.5) is 0 Å². The van der Waals surface area contributed by atoms with Crippen molar-refractivity contribution in [2.45, 2.75) is 30.7 Å². The Balaban J connectivity index is 1.94. The first kappa shape index (κ1) is 13.5. The van der Waals surface area contributed by atoms with Gasteiger partial charge in [0.1, 0.15) is 0 Å². The van der Waals surface area contributed by atoms with Crippen molar-refractivity contribution in [2.24, 2.45) is 11.8 Å². The Labute approximate surface area is 107 Å². The highest BCUT2D eigenvalue weighted by molar-refractivity contribution is 7.89. The molecule has 7 heteroatoms. The van der Waals surface area contributed by atoms with Crippen molar-refractivity contribution < 1.29 is 13.5 Å². The largest absolute Gasteiger partial charge is 0.396 e. The SMILES string of the molecule is O=S(=O)(NCC1CCCCC1CO)c1cnc[nH]1. The van der Waals surface area contributed by atoms with Crippen molar-refractivity contribution in [1.29, 1.82) is 0 Å². The third kappa shape index (κ3) is 3.09. The van der Waals surface area contributed by atoms with Gasteiger partial charge in [0.2, 0.25) is 0 Å². The number of imidazole rings is 1. The molecule has 2 rings (SSSR count). The third-order valence-electron chi connectivity index (χ3n) is 3.60. The number of hydrogen-bond acceptors (Lipinski definition) is 4. The predicted octanol–water partition coefficient (Wildman–Crippen LogP) is 0.487. The molecule has 3 N–H and O–H groups in total. The van der Waals surface area contributed by atoms with Gasteiger partial charge in [-0.2, -0.15) is 0 Å². The zero-order valence-electron chi connectivity index (χ0n) is 10.2. The molecule has 1 fully saturated rings. The highest BCUT2D eigenvalue weighted by Gasteiger charge is 2.26. The second kappa shape index (κ2) is 5.81. The molecule has 1 aromatic heterocycles. The van der Waals surface area contributed by atoms with Gasteiger partial charge < -0.3 is 10.1 Å². The minimum absolute atomic E-state index is 0.0823. The lowest BCUT2D eigenvalue weighted by atomic mass is 9.80. The summed E-state index contributed by atoms with van der Waals surface area (Å²) in [6.07, 6.45) is 6.80. The Morgan fingerprint density at radius 2 is 2.11 bits per heavy atom. The fourth-order valence-corrected chi connectivity index (χ4v) is 3.47. The van der Waals surface area contributed by atoms with E-state index in [2.05, 4.69) is 14.7 Å².